The third-order valence-corrected chi connectivity index (χ3v) is 3.91. The van der Waals surface area contributed by atoms with Crippen LogP contribution in [0.3, 0.4) is 0 Å². The van der Waals surface area contributed by atoms with Crippen molar-refractivity contribution in [2.75, 3.05) is 12.4 Å². The Kier molecular flexibility index (Phi) is 4.79. The second-order valence-electron chi connectivity index (χ2n) is 5.58. The zero-order valence-corrected chi connectivity index (χ0v) is 13.7. The molecule has 0 aliphatic carbocycles. The van der Waals surface area contributed by atoms with Crippen molar-refractivity contribution in [1.82, 2.24) is 4.57 Å². The third kappa shape index (κ3) is 3.85. The molecule has 25 heavy (non-hydrogen) atoms. The standard InChI is InChI=1S/C19H17FN2O3/c1-25-19(24)14-3-6-16(7-4-14)21-18(23)9-11-22-10-8-13-2-5-15(20)12-17(13)22/h2-8,10,12H,9,11H2,1H3,(H,21,23). The summed E-state index contributed by atoms with van der Waals surface area (Å²) in [6.07, 6.45) is 2.08. The first-order valence-electron chi connectivity index (χ1n) is 7.79. The molecule has 0 bridgehead atoms. The smallest absolute Gasteiger partial charge is 0.337 e. The second kappa shape index (κ2) is 7.17. The van der Waals surface area contributed by atoms with E-state index in [1.54, 1.807) is 30.3 Å². The maximum absolute atomic E-state index is 13.4. The lowest BCUT2D eigenvalue weighted by Gasteiger charge is -2.08. The van der Waals surface area contributed by atoms with Crippen LogP contribution < -0.4 is 5.32 Å². The van der Waals surface area contributed by atoms with Crippen molar-refractivity contribution < 1.29 is 18.7 Å². The molecule has 0 aliphatic rings. The van der Waals surface area contributed by atoms with E-state index < -0.39 is 5.97 Å². The number of amides is 1. The van der Waals surface area contributed by atoms with Gasteiger partial charge < -0.3 is 14.6 Å². The van der Waals surface area contributed by atoms with E-state index in [9.17, 15) is 14.0 Å². The summed E-state index contributed by atoms with van der Waals surface area (Å²) < 4.78 is 19.8. The topological polar surface area (TPSA) is 60.3 Å². The van der Waals surface area contributed by atoms with Crippen molar-refractivity contribution in [2.24, 2.45) is 0 Å². The number of carbonyl (C=O) groups excluding carboxylic acids is 2. The molecule has 0 spiro atoms. The third-order valence-electron chi connectivity index (χ3n) is 3.91. The Bertz CT molecular complexity index is 916. The van der Waals surface area contributed by atoms with Crippen LogP contribution in [0.4, 0.5) is 10.1 Å². The van der Waals surface area contributed by atoms with Gasteiger partial charge in [-0.1, -0.05) is 0 Å². The van der Waals surface area contributed by atoms with Gasteiger partial charge in [0.1, 0.15) is 5.82 Å². The highest BCUT2D eigenvalue weighted by atomic mass is 19.1. The second-order valence-corrected chi connectivity index (χ2v) is 5.58. The van der Waals surface area contributed by atoms with Gasteiger partial charge in [0.2, 0.25) is 5.91 Å². The number of carbonyl (C=O) groups is 2. The fourth-order valence-electron chi connectivity index (χ4n) is 2.61. The lowest BCUT2D eigenvalue weighted by atomic mass is 10.2. The van der Waals surface area contributed by atoms with Gasteiger partial charge in [-0.25, -0.2) is 9.18 Å². The highest BCUT2D eigenvalue weighted by Gasteiger charge is 2.08. The van der Waals surface area contributed by atoms with Gasteiger partial charge in [-0.3, -0.25) is 4.79 Å². The summed E-state index contributed by atoms with van der Waals surface area (Å²) in [5.74, 6) is -0.892. The van der Waals surface area contributed by atoms with Crippen molar-refractivity contribution in [2.45, 2.75) is 13.0 Å². The molecule has 2 aromatic carbocycles. The summed E-state index contributed by atoms with van der Waals surface area (Å²) in [7, 11) is 1.31. The van der Waals surface area contributed by atoms with Crippen molar-refractivity contribution >= 4 is 28.5 Å². The number of ether oxygens (including phenoxy) is 1. The van der Waals surface area contributed by atoms with E-state index in [0.717, 1.165) is 10.9 Å². The first-order chi connectivity index (χ1) is 12.1. The summed E-state index contributed by atoms with van der Waals surface area (Å²) in [4.78, 5) is 23.5. The van der Waals surface area contributed by atoms with Crippen LogP contribution in [0.25, 0.3) is 10.9 Å². The van der Waals surface area contributed by atoms with E-state index in [0.29, 0.717) is 17.8 Å². The van der Waals surface area contributed by atoms with Crippen molar-refractivity contribution in [3.05, 3.63) is 66.1 Å². The van der Waals surface area contributed by atoms with Crippen LogP contribution in [-0.2, 0) is 16.1 Å². The van der Waals surface area contributed by atoms with Crippen LogP contribution in [0.1, 0.15) is 16.8 Å². The zero-order chi connectivity index (χ0) is 17.8. The highest BCUT2D eigenvalue weighted by Crippen LogP contribution is 2.18. The first-order valence-corrected chi connectivity index (χ1v) is 7.79. The van der Waals surface area contributed by atoms with E-state index in [2.05, 4.69) is 10.1 Å². The molecule has 128 valence electrons. The molecule has 1 N–H and O–H groups in total. The molecule has 3 aromatic rings. The fourth-order valence-corrected chi connectivity index (χ4v) is 2.61. The predicted molar refractivity (Wildman–Crippen MR) is 92.9 cm³/mol. The van der Waals surface area contributed by atoms with Crippen molar-refractivity contribution in [1.29, 1.82) is 0 Å². The number of hydrogen-bond donors (Lipinski definition) is 1. The summed E-state index contributed by atoms with van der Waals surface area (Å²) in [5.41, 5.74) is 1.78. The molecule has 3 rings (SSSR count). The van der Waals surface area contributed by atoms with Crippen LogP contribution in [-0.4, -0.2) is 23.6 Å². The molecule has 0 aliphatic heterocycles. The molecule has 1 heterocycles. The zero-order valence-electron chi connectivity index (χ0n) is 13.7. The summed E-state index contributed by atoms with van der Waals surface area (Å²) >= 11 is 0. The Morgan fingerprint density at radius 3 is 2.60 bits per heavy atom. The Hall–Kier alpha value is -3.15. The molecule has 1 amide bonds. The van der Waals surface area contributed by atoms with Gasteiger partial charge in [-0.2, -0.15) is 0 Å². The van der Waals surface area contributed by atoms with Crippen LogP contribution >= 0.6 is 0 Å². The van der Waals surface area contributed by atoms with Crippen LogP contribution in [0, 0.1) is 5.82 Å². The highest BCUT2D eigenvalue weighted by molar-refractivity contribution is 5.93. The van der Waals surface area contributed by atoms with Gasteiger partial charge >= 0.3 is 5.97 Å². The number of nitrogens with one attached hydrogen (secondary N) is 1. The molecule has 0 atom stereocenters. The molecule has 0 saturated carbocycles. The summed E-state index contributed by atoms with van der Waals surface area (Å²) in [5, 5.41) is 3.70. The Labute approximate surface area is 144 Å². The number of benzene rings is 2. The number of hydrogen-bond acceptors (Lipinski definition) is 3. The number of methoxy groups -OCH3 is 1. The van der Waals surface area contributed by atoms with E-state index in [1.165, 1.54) is 19.2 Å². The molecule has 0 unspecified atom stereocenters. The molecule has 0 saturated heterocycles. The van der Waals surface area contributed by atoms with Crippen LogP contribution in [0.5, 0.6) is 0 Å². The predicted octanol–water partition coefficient (Wildman–Crippen LogP) is 3.60. The van der Waals surface area contributed by atoms with E-state index >= 15 is 0 Å². The monoisotopic (exact) mass is 340 g/mol. The van der Waals surface area contributed by atoms with Crippen molar-refractivity contribution in [3.8, 4) is 0 Å². The number of aromatic nitrogens is 1. The molecular weight excluding hydrogens is 323 g/mol. The SMILES string of the molecule is COC(=O)c1ccc(NC(=O)CCn2ccc3ccc(F)cc32)cc1. The molecular formula is C19H17FN2O3. The summed E-state index contributed by atoms with van der Waals surface area (Å²) in [6.45, 7) is 0.443. The quantitative estimate of drug-likeness (QED) is 0.722. The fraction of sp³-hybridized carbons (Fsp3) is 0.158. The van der Waals surface area contributed by atoms with Gasteiger partial charge in [0.15, 0.2) is 0 Å². The van der Waals surface area contributed by atoms with Gasteiger partial charge in [-0.05, 0) is 53.9 Å². The Balaban J connectivity index is 1.60. The maximum Gasteiger partial charge on any atom is 0.337 e. The molecule has 1 aromatic heterocycles. The van der Waals surface area contributed by atoms with E-state index in [1.807, 2.05) is 16.8 Å². The number of anilines is 1. The minimum atomic E-state index is -0.426. The van der Waals surface area contributed by atoms with Gasteiger partial charge in [-0.15, -0.1) is 0 Å². The largest absolute Gasteiger partial charge is 0.465 e. The summed E-state index contributed by atoms with van der Waals surface area (Å²) in [6, 6.07) is 12.9. The number of nitrogens with zero attached hydrogens (tertiary/aromatic N) is 1. The molecule has 0 fully saturated rings. The van der Waals surface area contributed by atoms with Crippen LogP contribution in [0.2, 0.25) is 0 Å². The Morgan fingerprint density at radius 2 is 1.88 bits per heavy atom. The lowest BCUT2D eigenvalue weighted by Crippen LogP contribution is -2.14. The molecule has 6 heteroatoms. The molecule has 5 nitrogen and oxygen atoms in total. The maximum atomic E-state index is 13.4. The normalized spacial score (nSPS) is 10.6. The molecule has 0 radical (unpaired) electrons. The Morgan fingerprint density at radius 1 is 1.12 bits per heavy atom. The minimum Gasteiger partial charge on any atom is -0.465 e. The van der Waals surface area contributed by atoms with E-state index in [-0.39, 0.29) is 18.1 Å². The minimum absolute atomic E-state index is 0.163. The number of fused-ring (bicyclic) bond motifs is 1. The van der Waals surface area contributed by atoms with E-state index in [4.69, 9.17) is 0 Å². The van der Waals surface area contributed by atoms with Gasteiger partial charge in [0, 0.05) is 24.8 Å². The lowest BCUT2D eigenvalue weighted by molar-refractivity contribution is -0.116. The average molecular weight is 340 g/mol. The number of halogens is 1. The van der Waals surface area contributed by atoms with Crippen LogP contribution in [0.15, 0.2) is 54.7 Å². The number of aryl methyl sites for hydroxylation is 1. The van der Waals surface area contributed by atoms with Crippen molar-refractivity contribution in [3.63, 3.8) is 0 Å². The first kappa shape index (κ1) is 16.7. The van der Waals surface area contributed by atoms with Gasteiger partial charge in [0.05, 0.1) is 18.2 Å². The number of esters is 1. The number of rotatable bonds is 5. The van der Waals surface area contributed by atoms with Gasteiger partial charge in [0.25, 0.3) is 0 Å². The average Bonchev–Trinajstić information content (AvgIpc) is 3.02.